The van der Waals surface area contributed by atoms with E-state index in [1.807, 2.05) is 0 Å². The molecule has 6 heteroatoms. The molecular weight excluding hydrogens is 289 g/mol. The van der Waals surface area contributed by atoms with Crippen LogP contribution < -0.4 is 0 Å². The van der Waals surface area contributed by atoms with E-state index >= 15 is 0 Å². The highest BCUT2D eigenvalue weighted by atomic mass is 32.2. The molecule has 2 heterocycles. The van der Waals surface area contributed by atoms with Gasteiger partial charge < -0.3 is 9.67 Å². The van der Waals surface area contributed by atoms with Crippen LogP contribution in [0, 0.1) is 5.82 Å². The van der Waals surface area contributed by atoms with Crippen molar-refractivity contribution in [3.05, 3.63) is 35.4 Å². The molecule has 0 bridgehead atoms. The summed E-state index contributed by atoms with van der Waals surface area (Å²) in [6.07, 6.45) is 3.73. The van der Waals surface area contributed by atoms with E-state index in [1.54, 1.807) is 19.1 Å². The zero-order valence-electron chi connectivity index (χ0n) is 11.9. The number of hydrogen-bond acceptors (Lipinski definition) is 4. The molecule has 1 N–H and O–H groups in total. The molecule has 1 aliphatic heterocycles. The van der Waals surface area contributed by atoms with Crippen LogP contribution in [0.2, 0.25) is 0 Å². The molecule has 0 radical (unpaired) electrons. The first kappa shape index (κ1) is 14.5. The topological polar surface area (TPSA) is 50.9 Å². The zero-order valence-corrected chi connectivity index (χ0v) is 12.7. The normalized spacial score (nSPS) is 16.3. The van der Waals surface area contributed by atoms with Gasteiger partial charge in [-0.2, -0.15) is 0 Å². The second-order valence-corrected chi connectivity index (χ2v) is 6.34. The van der Waals surface area contributed by atoms with E-state index in [-0.39, 0.29) is 5.82 Å². The van der Waals surface area contributed by atoms with Crippen molar-refractivity contribution < 1.29 is 9.50 Å². The molecule has 0 saturated carbocycles. The fourth-order valence-corrected chi connectivity index (χ4v) is 3.37. The Kier molecular flexibility index (Phi) is 4.26. The van der Waals surface area contributed by atoms with E-state index in [2.05, 4.69) is 14.8 Å². The van der Waals surface area contributed by atoms with Crippen LogP contribution in [0.25, 0.3) is 0 Å². The van der Waals surface area contributed by atoms with Gasteiger partial charge in [-0.1, -0.05) is 12.5 Å². The second kappa shape index (κ2) is 6.15. The Morgan fingerprint density at radius 1 is 1.29 bits per heavy atom. The van der Waals surface area contributed by atoms with Gasteiger partial charge >= 0.3 is 0 Å². The van der Waals surface area contributed by atoms with Crippen LogP contribution >= 0.6 is 11.8 Å². The number of fused-ring (bicyclic) bond motifs is 1. The third-order valence-corrected chi connectivity index (χ3v) is 4.75. The molecule has 0 aliphatic carbocycles. The van der Waals surface area contributed by atoms with Gasteiger partial charge in [-0.25, -0.2) is 4.39 Å². The predicted molar refractivity (Wildman–Crippen MR) is 78.7 cm³/mol. The van der Waals surface area contributed by atoms with Crippen molar-refractivity contribution in [3.8, 4) is 0 Å². The number of halogens is 1. The summed E-state index contributed by atoms with van der Waals surface area (Å²) in [5.74, 6) is 0.667. The first-order valence-electron chi connectivity index (χ1n) is 7.22. The number of benzene rings is 1. The van der Waals surface area contributed by atoms with E-state index in [0.29, 0.717) is 10.5 Å². The Balaban J connectivity index is 1.85. The minimum Gasteiger partial charge on any atom is -0.389 e. The van der Waals surface area contributed by atoms with Crippen LogP contribution in [0.15, 0.2) is 28.3 Å². The Morgan fingerprint density at radius 3 is 2.90 bits per heavy atom. The molecule has 2 aromatic rings. The molecule has 21 heavy (non-hydrogen) atoms. The van der Waals surface area contributed by atoms with Gasteiger partial charge in [0.15, 0.2) is 5.16 Å². The van der Waals surface area contributed by atoms with Crippen molar-refractivity contribution in [2.45, 2.75) is 55.3 Å². The van der Waals surface area contributed by atoms with E-state index in [0.717, 1.165) is 36.8 Å². The zero-order chi connectivity index (χ0) is 14.8. The summed E-state index contributed by atoms with van der Waals surface area (Å²) in [6, 6.07) is 4.82. The van der Waals surface area contributed by atoms with E-state index in [4.69, 9.17) is 0 Å². The lowest BCUT2D eigenvalue weighted by Gasteiger charge is -2.09. The van der Waals surface area contributed by atoms with Crippen molar-refractivity contribution in [1.29, 1.82) is 0 Å². The average Bonchev–Trinajstić information content (AvgIpc) is 2.69. The van der Waals surface area contributed by atoms with Crippen LogP contribution in [0.5, 0.6) is 0 Å². The number of aryl methyl sites for hydroxylation is 1. The summed E-state index contributed by atoms with van der Waals surface area (Å²) in [7, 11) is 0. The summed E-state index contributed by atoms with van der Waals surface area (Å²) in [4.78, 5) is 0.513. The van der Waals surface area contributed by atoms with Crippen molar-refractivity contribution in [1.82, 2.24) is 14.8 Å². The van der Waals surface area contributed by atoms with Gasteiger partial charge in [0, 0.05) is 13.0 Å². The minimum atomic E-state index is -0.664. The summed E-state index contributed by atoms with van der Waals surface area (Å²) in [5, 5.41) is 18.6. The van der Waals surface area contributed by atoms with Gasteiger partial charge in [0.1, 0.15) is 11.6 Å². The average molecular weight is 307 g/mol. The van der Waals surface area contributed by atoms with Gasteiger partial charge in [-0.05, 0) is 49.2 Å². The molecule has 1 aromatic heterocycles. The van der Waals surface area contributed by atoms with Crippen LogP contribution in [0.1, 0.15) is 43.7 Å². The number of aliphatic hydroxyl groups excluding tert-OH is 1. The SMILES string of the molecule is C[C@@H](O)c1ccc(Sc2nnc3n2CCCCC3)c(F)c1. The smallest absolute Gasteiger partial charge is 0.196 e. The molecule has 1 aliphatic rings. The van der Waals surface area contributed by atoms with Gasteiger partial charge in [0.25, 0.3) is 0 Å². The lowest BCUT2D eigenvalue weighted by atomic mass is 10.1. The standard InChI is InChI=1S/C15H18FN3OS/c1-10(20)11-6-7-13(12(16)9-11)21-15-18-17-14-5-3-2-4-8-19(14)15/h6-7,9-10,20H,2-5,8H2,1H3/t10-/m1/s1. The van der Waals surface area contributed by atoms with Crippen molar-refractivity contribution in [2.75, 3.05) is 0 Å². The monoisotopic (exact) mass is 307 g/mol. The number of hydrogen-bond donors (Lipinski definition) is 1. The molecule has 0 spiro atoms. The first-order chi connectivity index (χ1) is 10.1. The highest BCUT2D eigenvalue weighted by Crippen LogP contribution is 2.31. The van der Waals surface area contributed by atoms with Crippen molar-refractivity contribution in [3.63, 3.8) is 0 Å². The van der Waals surface area contributed by atoms with Gasteiger partial charge in [0.2, 0.25) is 0 Å². The number of rotatable bonds is 3. The Labute approximate surface area is 127 Å². The lowest BCUT2D eigenvalue weighted by Crippen LogP contribution is -2.02. The molecular formula is C15H18FN3OS. The van der Waals surface area contributed by atoms with Crippen LogP contribution in [0.3, 0.4) is 0 Å². The largest absolute Gasteiger partial charge is 0.389 e. The molecule has 1 atom stereocenters. The van der Waals surface area contributed by atoms with Crippen LogP contribution in [-0.4, -0.2) is 19.9 Å². The first-order valence-corrected chi connectivity index (χ1v) is 8.04. The molecule has 1 aromatic carbocycles. The number of aliphatic hydroxyl groups is 1. The van der Waals surface area contributed by atoms with Crippen LogP contribution in [0.4, 0.5) is 4.39 Å². The van der Waals surface area contributed by atoms with Gasteiger partial charge in [-0.3, -0.25) is 0 Å². The maximum Gasteiger partial charge on any atom is 0.196 e. The number of nitrogens with zero attached hydrogens (tertiary/aromatic N) is 3. The molecule has 0 unspecified atom stereocenters. The maximum atomic E-state index is 14.1. The third-order valence-electron chi connectivity index (χ3n) is 3.72. The van der Waals surface area contributed by atoms with E-state index in [1.165, 1.54) is 24.2 Å². The van der Waals surface area contributed by atoms with Crippen molar-refractivity contribution in [2.24, 2.45) is 0 Å². The molecule has 4 nitrogen and oxygen atoms in total. The summed E-state index contributed by atoms with van der Waals surface area (Å²) in [5.41, 5.74) is 0.580. The molecule has 112 valence electrons. The molecule has 0 saturated heterocycles. The minimum absolute atomic E-state index is 0.329. The Morgan fingerprint density at radius 2 is 2.14 bits per heavy atom. The van der Waals surface area contributed by atoms with Gasteiger partial charge in [-0.15, -0.1) is 10.2 Å². The van der Waals surface area contributed by atoms with Crippen LogP contribution in [-0.2, 0) is 13.0 Å². The predicted octanol–water partition coefficient (Wildman–Crippen LogP) is 3.35. The Bertz CT molecular complexity index is 642. The highest BCUT2D eigenvalue weighted by Gasteiger charge is 2.17. The van der Waals surface area contributed by atoms with E-state index < -0.39 is 6.10 Å². The van der Waals surface area contributed by atoms with E-state index in [9.17, 15) is 9.50 Å². The lowest BCUT2D eigenvalue weighted by molar-refractivity contribution is 0.198. The Hall–Kier alpha value is -1.40. The molecule has 3 rings (SSSR count). The third kappa shape index (κ3) is 3.11. The summed E-state index contributed by atoms with van der Waals surface area (Å²) < 4.78 is 16.2. The fourth-order valence-electron chi connectivity index (χ4n) is 2.49. The highest BCUT2D eigenvalue weighted by molar-refractivity contribution is 7.99. The van der Waals surface area contributed by atoms with Gasteiger partial charge in [0.05, 0.1) is 11.0 Å². The number of aromatic nitrogens is 3. The summed E-state index contributed by atoms with van der Waals surface area (Å²) in [6.45, 7) is 2.53. The fraction of sp³-hybridized carbons (Fsp3) is 0.467. The summed E-state index contributed by atoms with van der Waals surface area (Å²) >= 11 is 1.30. The second-order valence-electron chi connectivity index (χ2n) is 5.33. The maximum absolute atomic E-state index is 14.1. The molecule has 0 amide bonds. The molecule has 0 fully saturated rings. The van der Waals surface area contributed by atoms with Crippen molar-refractivity contribution >= 4 is 11.8 Å². The quantitative estimate of drug-likeness (QED) is 0.945.